The van der Waals surface area contributed by atoms with Crippen molar-refractivity contribution in [3.63, 3.8) is 0 Å². The number of nitrogens with one attached hydrogen (secondary N) is 1. The molecule has 78 valence electrons. The Morgan fingerprint density at radius 1 is 1.64 bits per heavy atom. The third-order valence-corrected chi connectivity index (χ3v) is 2.74. The summed E-state index contributed by atoms with van der Waals surface area (Å²) >= 11 is 3.35. The Hall–Kier alpha value is -0.680. The van der Waals surface area contributed by atoms with Crippen LogP contribution in [0.25, 0.3) is 0 Å². The van der Waals surface area contributed by atoms with Gasteiger partial charge in [0.15, 0.2) is 0 Å². The molecule has 5 heteroatoms. The highest BCUT2D eigenvalue weighted by atomic mass is 79.9. The molecular weight excluding hydrogens is 244 g/mol. The van der Waals surface area contributed by atoms with Crippen molar-refractivity contribution < 1.29 is 0 Å². The predicted octanol–water partition coefficient (Wildman–Crippen LogP) is 1.70. The second-order valence-electron chi connectivity index (χ2n) is 3.18. The molecule has 0 bridgehead atoms. The summed E-state index contributed by atoms with van der Waals surface area (Å²) in [4.78, 5) is 8.38. The fourth-order valence-corrected chi connectivity index (χ4v) is 1.10. The smallest absolute Gasteiger partial charge is 0.222 e. The van der Waals surface area contributed by atoms with Gasteiger partial charge in [-0.1, -0.05) is 6.92 Å². The normalized spacial score (nSPS) is 12.6. The molecule has 1 aromatic rings. The molecule has 0 saturated carbocycles. The van der Waals surface area contributed by atoms with Gasteiger partial charge in [0, 0.05) is 18.8 Å². The molecule has 1 heterocycles. The zero-order valence-electron chi connectivity index (χ0n) is 8.42. The third-order valence-electron chi connectivity index (χ3n) is 1.97. The van der Waals surface area contributed by atoms with E-state index < -0.39 is 0 Å². The van der Waals surface area contributed by atoms with Gasteiger partial charge in [-0.05, 0) is 29.3 Å². The minimum atomic E-state index is 0.155. The van der Waals surface area contributed by atoms with Gasteiger partial charge < -0.3 is 11.1 Å². The summed E-state index contributed by atoms with van der Waals surface area (Å²) in [7, 11) is 0. The fourth-order valence-electron chi connectivity index (χ4n) is 0.904. The van der Waals surface area contributed by atoms with Crippen molar-refractivity contribution in [3.05, 3.63) is 16.4 Å². The van der Waals surface area contributed by atoms with Gasteiger partial charge in [0.05, 0.1) is 10.2 Å². The molecule has 0 spiro atoms. The van der Waals surface area contributed by atoms with E-state index in [4.69, 9.17) is 5.73 Å². The van der Waals surface area contributed by atoms with E-state index in [2.05, 4.69) is 38.1 Å². The first-order valence-corrected chi connectivity index (χ1v) is 5.41. The van der Waals surface area contributed by atoms with Crippen molar-refractivity contribution in [2.45, 2.75) is 26.3 Å². The number of aryl methyl sites for hydroxylation is 1. The van der Waals surface area contributed by atoms with Crippen LogP contribution in [0, 0.1) is 6.92 Å². The molecule has 0 aliphatic carbocycles. The second kappa shape index (κ2) is 5.26. The van der Waals surface area contributed by atoms with E-state index in [0.717, 1.165) is 16.6 Å². The molecule has 4 nitrogen and oxygen atoms in total. The van der Waals surface area contributed by atoms with E-state index in [9.17, 15) is 0 Å². The average molecular weight is 259 g/mol. The molecule has 1 rings (SSSR count). The average Bonchev–Trinajstić information content (AvgIpc) is 2.19. The molecule has 0 aliphatic rings. The van der Waals surface area contributed by atoms with Gasteiger partial charge in [0.2, 0.25) is 5.95 Å². The van der Waals surface area contributed by atoms with Crippen LogP contribution in [0.2, 0.25) is 0 Å². The highest BCUT2D eigenvalue weighted by Crippen LogP contribution is 2.13. The quantitative estimate of drug-likeness (QED) is 0.863. The van der Waals surface area contributed by atoms with Crippen LogP contribution < -0.4 is 11.1 Å². The third kappa shape index (κ3) is 3.23. The molecule has 0 radical (unpaired) electrons. The van der Waals surface area contributed by atoms with Crippen LogP contribution in [0.1, 0.15) is 19.0 Å². The maximum Gasteiger partial charge on any atom is 0.222 e. The summed E-state index contributed by atoms with van der Waals surface area (Å²) < 4.78 is 0.919. The Morgan fingerprint density at radius 2 is 2.36 bits per heavy atom. The van der Waals surface area contributed by atoms with Crippen LogP contribution in [0.15, 0.2) is 10.7 Å². The van der Waals surface area contributed by atoms with E-state index in [1.165, 1.54) is 0 Å². The zero-order chi connectivity index (χ0) is 10.6. The van der Waals surface area contributed by atoms with Gasteiger partial charge in [0.25, 0.3) is 0 Å². The Balaban J connectivity index is 2.55. The van der Waals surface area contributed by atoms with Gasteiger partial charge in [0.1, 0.15) is 0 Å². The first-order valence-electron chi connectivity index (χ1n) is 4.62. The number of anilines is 1. The van der Waals surface area contributed by atoms with Gasteiger partial charge in [-0.3, -0.25) is 0 Å². The maximum atomic E-state index is 5.76. The molecule has 0 aromatic carbocycles. The number of hydrogen-bond donors (Lipinski definition) is 2. The van der Waals surface area contributed by atoms with Gasteiger partial charge in [-0.25, -0.2) is 9.97 Å². The van der Waals surface area contributed by atoms with Crippen molar-refractivity contribution in [3.8, 4) is 0 Å². The maximum absolute atomic E-state index is 5.76. The van der Waals surface area contributed by atoms with Crippen molar-refractivity contribution in [1.29, 1.82) is 0 Å². The summed E-state index contributed by atoms with van der Waals surface area (Å²) in [6.45, 7) is 4.69. The SMILES string of the molecule is CCC(N)CNc1ncc(Br)c(C)n1. The van der Waals surface area contributed by atoms with Crippen LogP contribution in [0.5, 0.6) is 0 Å². The molecular formula is C9H15BrN4. The Bertz CT molecular complexity index is 303. The Kier molecular flexibility index (Phi) is 4.28. The lowest BCUT2D eigenvalue weighted by atomic mass is 10.2. The summed E-state index contributed by atoms with van der Waals surface area (Å²) in [5.41, 5.74) is 6.69. The lowest BCUT2D eigenvalue weighted by Crippen LogP contribution is -2.28. The summed E-state index contributed by atoms with van der Waals surface area (Å²) in [6.07, 6.45) is 2.69. The fraction of sp³-hybridized carbons (Fsp3) is 0.556. The molecule has 14 heavy (non-hydrogen) atoms. The Labute approximate surface area is 92.5 Å². The molecule has 1 unspecified atom stereocenters. The van der Waals surface area contributed by atoms with Crippen molar-refractivity contribution >= 4 is 21.9 Å². The minimum absolute atomic E-state index is 0.155. The first kappa shape index (κ1) is 11.4. The first-order chi connectivity index (χ1) is 6.63. The molecule has 0 fully saturated rings. The monoisotopic (exact) mass is 258 g/mol. The summed E-state index contributed by atoms with van der Waals surface area (Å²) in [5.74, 6) is 0.634. The number of halogens is 1. The topological polar surface area (TPSA) is 63.8 Å². The van der Waals surface area contributed by atoms with Crippen LogP contribution in [-0.2, 0) is 0 Å². The van der Waals surface area contributed by atoms with Gasteiger partial charge >= 0.3 is 0 Å². The van der Waals surface area contributed by atoms with Gasteiger partial charge in [-0.2, -0.15) is 0 Å². The van der Waals surface area contributed by atoms with Crippen LogP contribution >= 0.6 is 15.9 Å². The van der Waals surface area contributed by atoms with Crippen LogP contribution in [-0.4, -0.2) is 22.6 Å². The van der Waals surface area contributed by atoms with E-state index in [0.29, 0.717) is 12.5 Å². The van der Waals surface area contributed by atoms with Crippen molar-refractivity contribution in [2.24, 2.45) is 5.73 Å². The van der Waals surface area contributed by atoms with E-state index in [1.807, 2.05) is 6.92 Å². The zero-order valence-corrected chi connectivity index (χ0v) is 10.0. The minimum Gasteiger partial charge on any atom is -0.353 e. The molecule has 0 amide bonds. The summed E-state index contributed by atoms with van der Waals surface area (Å²) in [6, 6.07) is 0.155. The number of rotatable bonds is 4. The largest absolute Gasteiger partial charge is 0.353 e. The highest BCUT2D eigenvalue weighted by molar-refractivity contribution is 9.10. The standard InChI is InChI=1S/C9H15BrN4/c1-3-7(11)4-12-9-13-5-8(10)6(2)14-9/h5,7H,3-4,11H2,1-2H3,(H,12,13,14). The predicted molar refractivity (Wildman–Crippen MR) is 61.2 cm³/mol. The molecule has 0 aliphatic heterocycles. The van der Waals surface area contributed by atoms with E-state index >= 15 is 0 Å². The van der Waals surface area contributed by atoms with E-state index in [-0.39, 0.29) is 6.04 Å². The second-order valence-corrected chi connectivity index (χ2v) is 4.03. The van der Waals surface area contributed by atoms with Gasteiger partial charge in [-0.15, -0.1) is 0 Å². The molecule has 1 atom stereocenters. The number of aromatic nitrogens is 2. The number of nitrogens with two attached hydrogens (primary N) is 1. The molecule has 0 saturated heterocycles. The lowest BCUT2D eigenvalue weighted by molar-refractivity contribution is 0.675. The summed E-state index contributed by atoms with van der Waals surface area (Å²) in [5, 5.41) is 3.10. The number of nitrogens with zero attached hydrogens (tertiary/aromatic N) is 2. The van der Waals surface area contributed by atoms with E-state index in [1.54, 1.807) is 6.20 Å². The van der Waals surface area contributed by atoms with Crippen LogP contribution in [0.4, 0.5) is 5.95 Å². The van der Waals surface area contributed by atoms with Crippen LogP contribution in [0.3, 0.4) is 0 Å². The number of hydrogen-bond acceptors (Lipinski definition) is 4. The highest BCUT2D eigenvalue weighted by Gasteiger charge is 2.02. The van der Waals surface area contributed by atoms with Crippen molar-refractivity contribution in [1.82, 2.24) is 9.97 Å². The van der Waals surface area contributed by atoms with Crippen molar-refractivity contribution in [2.75, 3.05) is 11.9 Å². The molecule has 1 aromatic heterocycles. The molecule has 3 N–H and O–H groups in total. The Morgan fingerprint density at radius 3 is 2.93 bits per heavy atom. The lowest BCUT2D eigenvalue weighted by Gasteiger charge is -2.10.